The highest BCUT2D eigenvalue weighted by Gasteiger charge is 2.31. The van der Waals surface area contributed by atoms with Crippen LogP contribution >= 0.6 is 0 Å². The lowest BCUT2D eigenvalue weighted by atomic mass is 9.89. The highest BCUT2D eigenvalue weighted by molar-refractivity contribution is 6.00. The van der Waals surface area contributed by atoms with E-state index in [1.54, 1.807) is 6.33 Å². The van der Waals surface area contributed by atoms with Gasteiger partial charge in [0, 0.05) is 49.5 Å². The van der Waals surface area contributed by atoms with E-state index in [0.717, 1.165) is 53.0 Å². The Kier molecular flexibility index (Phi) is 6.57. The largest absolute Gasteiger partial charge is 0.457 e. The highest BCUT2D eigenvalue weighted by atomic mass is 16.5. The predicted molar refractivity (Wildman–Crippen MR) is 149 cm³/mol. The van der Waals surface area contributed by atoms with Gasteiger partial charge in [-0.2, -0.15) is 0 Å². The molecule has 37 heavy (non-hydrogen) atoms. The van der Waals surface area contributed by atoms with Crippen LogP contribution < -0.4 is 10.5 Å². The highest BCUT2D eigenvalue weighted by Crippen LogP contribution is 2.39. The molecule has 2 aliphatic rings. The molecule has 1 aliphatic carbocycles. The van der Waals surface area contributed by atoms with Crippen molar-refractivity contribution in [1.82, 2.24) is 24.3 Å². The SMILES string of the molecule is CC1CN([C@H]2CC[C@H](n3cc(-c4ccc(Oc5ccccc5)cc4)c4c(N)ncnc43)CC2)CCN1C. The molecule has 2 fully saturated rings. The number of piperazine rings is 1. The molecule has 2 aromatic carbocycles. The van der Waals surface area contributed by atoms with Crippen molar-refractivity contribution in [1.29, 1.82) is 0 Å². The van der Waals surface area contributed by atoms with Gasteiger partial charge in [-0.1, -0.05) is 30.3 Å². The molecule has 192 valence electrons. The first-order valence-corrected chi connectivity index (χ1v) is 13.5. The van der Waals surface area contributed by atoms with Crippen LogP contribution in [-0.2, 0) is 0 Å². The van der Waals surface area contributed by atoms with Gasteiger partial charge in [0.25, 0.3) is 0 Å². The van der Waals surface area contributed by atoms with Gasteiger partial charge < -0.3 is 19.9 Å². The molecule has 0 spiro atoms. The van der Waals surface area contributed by atoms with Crippen LogP contribution in [0.1, 0.15) is 38.6 Å². The molecule has 1 saturated heterocycles. The number of rotatable bonds is 5. The number of ether oxygens (including phenoxy) is 1. The van der Waals surface area contributed by atoms with Crippen molar-refractivity contribution in [3.63, 3.8) is 0 Å². The number of nitrogen functional groups attached to an aromatic ring is 1. The van der Waals surface area contributed by atoms with E-state index >= 15 is 0 Å². The summed E-state index contributed by atoms with van der Waals surface area (Å²) in [7, 11) is 2.24. The van der Waals surface area contributed by atoms with E-state index in [1.165, 1.54) is 25.9 Å². The molecular weight excluding hydrogens is 460 g/mol. The van der Waals surface area contributed by atoms with Gasteiger partial charge in [0.15, 0.2) is 0 Å². The van der Waals surface area contributed by atoms with E-state index in [4.69, 9.17) is 15.5 Å². The predicted octanol–water partition coefficient (Wildman–Crippen LogP) is 5.59. The van der Waals surface area contributed by atoms with E-state index in [-0.39, 0.29) is 0 Å². The number of nitrogens with two attached hydrogens (primary N) is 1. The number of aromatic nitrogens is 3. The number of hydrogen-bond donors (Lipinski definition) is 1. The average molecular weight is 497 g/mol. The maximum atomic E-state index is 6.41. The summed E-state index contributed by atoms with van der Waals surface area (Å²) >= 11 is 0. The Morgan fingerprint density at radius 3 is 2.30 bits per heavy atom. The van der Waals surface area contributed by atoms with Gasteiger partial charge in [0.2, 0.25) is 0 Å². The molecule has 7 nitrogen and oxygen atoms in total. The molecule has 1 saturated carbocycles. The first-order valence-electron chi connectivity index (χ1n) is 13.5. The summed E-state index contributed by atoms with van der Waals surface area (Å²) in [6.07, 6.45) is 8.59. The van der Waals surface area contributed by atoms with E-state index in [2.05, 4.69) is 51.7 Å². The molecule has 2 aromatic heterocycles. The van der Waals surface area contributed by atoms with Crippen LogP contribution in [0.2, 0.25) is 0 Å². The monoisotopic (exact) mass is 496 g/mol. The summed E-state index contributed by atoms with van der Waals surface area (Å²) in [6.45, 7) is 5.87. The van der Waals surface area contributed by atoms with Gasteiger partial charge in [0.05, 0.1) is 5.39 Å². The van der Waals surface area contributed by atoms with Gasteiger partial charge in [-0.15, -0.1) is 0 Å². The average Bonchev–Trinajstić information content (AvgIpc) is 3.32. The van der Waals surface area contributed by atoms with Crippen LogP contribution in [-0.4, -0.2) is 63.1 Å². The van der Waals surface area contributed by atoms with Crippen LogP contribution in [0.4, 0.5) is 5.82 Å². The third-order valence-electron chi connectivity index (χ3n) is 8.35. The number of likely N-dealkylation sites (N-methyl/N-ethyl adjacent to an activating group) is 1. The maximum absolute atomic E-state index is 6.41. The number of benzene rings is 2. The minimum atomic E-state index is 0.423. The minimum Gasteiger partial charge on any atom is -0.457 e. The summed E-state index contributed by atoms with van der Waals surface area (Å²) in [5.74, 6) is 2.16. The Balaban J connectivity index is 1.23. The van der Waals surface area contributed by atoms with Crippen LogP contribution in [0.15, 0.2) is 67.1 Å². The zero-order valence-electron chi connectivity index (χ0n) is 21.8. The first-order chi connectivity index (χ1) is 18.1. The second-order valence-electron chi connectivity index (χ2n) is 10.6. The topological polar surface area (TPSA) is 72.4 Å². The molecule has 0 amide bonds. The standard InChI is InChI=1S/C30H36N6O/c1-21-18-35(17-16-34(21)2)23-10-12-24(13-11-23)36-19-27(28-29(31)32-20-33-30(28)36)22-8-14-26(15-9-22)37-25-6-4-3-5-7-25/h3-9,14-15,19-21,23-24H,10-13,16-18H2,1-2H3,(H2,31,32,33)/t21?,23-,24-. The lowest BCUT2D eigenvalue weighted by Crippen LogP contribution is -2.54. The second-order valence-corrected chi connectivity index (χ2v) is 10.6. The fourth-order valence-electron chi connectivity index (χ4n) is 6.04. The van der Waals surface area contributed by atoms with E-state index < -0.39 is 0 Å². The first kappa shape index (κ1) is 23.9. The number of nitrogens with zero attached hydrogens (tertiary/aromatic N) is 5. The van der Waals surface area contributed by atoms with Gasteiger partial charge >= 0.3 is 0 Å². The molecule has 4 aromatic rings. The third kappa shape index (κ3) is 4.81. The van der Waals surface area contributed by atoms with Crippen molar-refractivity contribution in [2.45, 2.75) is 50.7 Å². The Hall–Kier alpha value is -3.42. The van der Waals surface area contributed by atoms with Crippen LogP contribution in [0.3, 0.4) is 0 Å². The number of para-hydroxylation sites is 1. The summed E-state index contributed by atoms with van der Waals surface area (Å²) in [5.41, 5.74) is 9.51. The Morgan fingerprint density at radius 1 is 0.865 bits per heavy atom. The maximum Gasteiger partial charge on any atom is 0.146 e. The summed E-state index contributed by atoms with van der Waals surface area (Å²) in [6, 6.07) is 19.8. The van der Waals surface area contributed by atoms with E-state index in [1.807, 2.05) is 42.5 Å². The normalized spacial score (nSPS) is 23.4. The summed E-state index contributed by atoms with van der Waals surface area (Å²) in [5, 5.41) is 0.939. The smallest absolute Gasteiger partial charge is 0.146 e. The fourth-order valence-corrected chi connectivity index (χ4v) is 6.04. The van der Waals surface area contributed by atoms with Crippen molar-refractivity contribution < 1.29 is 4.74 Å². The van der Waals surface area contributed by atoms with E-state index in [0.29, 0.717) is 23.9 Å². The van der Waals surface area contributed by atoms with Crippen LogP contribution in [0, 0.1) is 0 Å². The lowest BCUT2D eigenvalue weighted by Gasteiger charge is -2.44. The Labute approximate surface area is 218 Å². The van der Waals surface area contributed by atoms with Crippen molar-refractivity contribution in [2.75, 3.05) is 32.4 Å². The van der Waals surface area contributed by atoms with Gasteiger partial charge in [0.1, 0.15) is 29.3 Å². The molecule has 2 N–H and O–H groups in total. The summed E-state index contributed by atoms with van der Waals surface area (Å²) < 4.78 is 8.35. The van der Waals surface area contributed by atoms with Gasteiger partial charge in [-0.3, -0.25) is 4.90 Å². The molecule has 0 radical (unpaired) electrons. The van der Waals surface area contributed by atoms with E-state index in [9.17, 15) is 0 Å². The van der Waals surface area contributed by atoms with Gasteiger partial charge in [-0.25, -0.2) is 9.97 Å². The number of anilines is 1. The second kappa shape index (κ2) is 10.1. The molecule has 6 rings (SSSR count). The van der Waals surface area contributed by atoms with Crippen LogP contribution in [0.25, 0.3) is 22.2 Å². The summed E-state index contributed by atoms with van der Waals surface area (Å²) in [4.78, 5) is 14.2. The Bertz CT molecular complexity index is 1340. The molecule has 7 heteroatoms. The van der Waals surface area contributed by atoms with Crippen molar-refractivity contribution >= 4 is 16.9 Å². The quantitative estimate of drug-likeness (QED) is 0.388. The molecule has 1 unspecified atom stereocenters. The lowest BCUT2D eigenvalue weighted by molar-refractivity contribution is 0.0519. The van der Waals surface area contributed by atoms with Crippen molar-refractivity contribution in [3.8, 4) is 22.6 Å². The molecule has 1 atom stereocenters. The Morgan fingerprint density at radius 2 is 1.57 bits per heavy atom. The van der Waals surface area contributed by atoms with Gasteiger partial charge in [-0.05, 0) is 69.5 Å². The number of fused-ring (bicyclic) bond motifs is 1. The molecular formula is C30H36N6O. The zero-order chi connectivity index (χ0) is 25.4. The van der Waals surface area contributed by atoms with Crippen molar-refractivity contribution in [3.05, 3.63) is 67.1 Å². The number of hydrogen-bond acceptors (Lipinski definition) is 6. The molecule has 3 heterocycles. The fraction of sp³-hybridized carbons (Fsp3) is 0.400. The minimum absolute atomic E-state index is 0.423. The molecule has 0 bridgehead atoms. The van der Waals surface area contributed by atoms with Crippen LogP contribution in [0.5, 0.6) is 11.5 Å². The molecule has 1 aliphatic heterocycles. The zero-order valence-corrected chi connectivity index (χ0v) is 21.8. The van der Waals surface area contributed by atoms with Crippen molar-refractivity contribution in [2.24, 2.45) is 0 Å². The third-order valence-corrected chi connectivity index (χ3v) is 8.35.